The molecule has 0 bridgehead atoms. The molecule has 0 aromatic heterocycles. The highest BCUT2D eigenvalue weighted by Gasteiger charge is 2.32. The van der Waals surface area contributed by atoms with Gasteiger partial charge in [-0.25, -0.2) is 4.79 Å². The average Bonchev–Trinajstić information content (AvgIpc) is 2.52. The molecule has 0 aromatic carbocycles. The molecule has 1 heterocycles. The first-order chi connectivity index (χ1) is 6.29. The van der Waals surface area contributed by atoms with E-state index in [-0.39, 0.29) is 18.1 Å². The zero-order chi connectivity index (χ0) is 9.26. The van der Waals surface area contributed by atoms with Crippen molar-refractivity contribution in [1.29, 1.82) is 0 Å². The van der Waals surface area contributed by atoms with Gasteiger partial charge in [0.15, 0.2) is 0 Å². The van der Waals surface area contributed by atoms with Gasteiger partial charge in [-0.3, -0.25) is 0 Å². The molecule has 1 saturated carbocycles. The quantitative estimate of drug-likeness (QED) is 0.613. The Morgan fingerprint density at radius 1 is 1.38 bits per heavy atom. The number of hydrogen-bond donors (Lipinski definition) is 2. The van der Waals surface area contributed by atoms with Crippen LogP contribution >= 0.6 is 0 Å². The molecule has 1 saturated heterocycles. The molecule has 2 atom stereocenters. The number of carbonyl (C=O) groups excluding carboxylic acids is 1. The van der Waals surface area contributed by atoms with Gasteiger partial charge in [0.2, 0.25) is 0 Å². The molecule has 1 aliphatic heterocycles. The van der Waals surface area contributed by atoms with Gasteiger partial charge in [0, 0.05) is 25.2 Å². The minimum atomic E-state index is 0.0716. The highest BCUT2D eigenvalue weighted by atomic mass is 16.2. The predicted molar refractivity (Wildman–Crippen MR) is 50.3 cm³/mol. The smallest absolute Gasteiger partial charge is 0.317 e. The first-order valence-electron chi connectivity index (χ1n) is 5.09. The van der Waals surface area contributed by atoms with E-state index in [0.717, 1.165) is 25.9 Å². The van der Waals surface area contributed by atoms with Crippen LogP contribution in [0.25, 0.3) is 0 Å². The number of amides is 2. The minimum absolute atomic E-state index is 0.0716. The van der Waals surface area contributed by atoms with Gasteiger partial charge in [-0.1, -0.05) is 12.8 Å². The van der Waals surface area contributed by atoms with Gasteiger partial charge in [0.1, 0.15) is 0 Å². The Morgan fingerprint density at radius 2 is 2.15 bits per heavy atom. The van der Waals surface area contributed by atoms with Crippen molar-refractivity contribution in [2.75, 3.05) is 13.1 Å². The van der Waals surface area contributed by atoms with Gasteiger partial charge in [-0.05, 0) is 12.8 Å². The van der Waals surface area contributed by atoms with Crippen molar-refractivity contribution < 1.29 is 4.79 Å². The van der Waals surface area contributed by atoms with Crippen LogP contribution in [0.4, 0.5) is 4.79 Å². The molecular weight excluding hydrogens is 166 g/mol. The number of rotatable bonds is 1. The highest BCUT2D eigenvalue weighted by Crippen LogP contribution is 2.22. The standard InChI is InChI=1S/C9H17N3O/c10-7-3-1-2-4-8(7)12-6-5-11-9(12)13/h7-8H,1-6,10H2,(H,11,13)/t7-,8-/m1/s1. The van der Waals surface area contributed by atoms with Crippen molar-refractivity contribution in [2.45, 2.75) is 37.8 Å². The van der Waals surface area contributed by atoms with Crippen LogP contribution in [0.3, 0.4) is 0 Å². The summed E-state index contributed by atoms with van der Waals surface area (Å²) in [6.45, 7) is 1.61. The lowest BCUT2D eigenvalue weighted by molar-refractivity contribution is 0.167. The molecule has 0 aromatic rings. The summed E-state index contributed by atoms with van der Waals surface area (Å²) < 4.78 is 0. The predicted octanol–water partition coefficient (Wildman–Crippen LogP) is 0.281. The lowest BCUT2D eigenvalue weighted by Crippen LogP contribution is -2.50. The van der Waals surface area contributed by atoms with Crippen LogP contribution in [0.2, 0.25) is 0 Å². The van der Waals surface area contributed by atoms with E-state index in [9.17, 15) is 4.79 Å². The van der Waals surface area contributed by atoms with Gasteiger partial charge in [-0.2, -0.15) is 0 Å². The number of hydrogen-bond acceptors (Lipinski definition) is 2. The van der Waals surface area contributed by atoms with Crippen LogP contribution in [0.5, 0.6) is 0 Å². The maximum absolute atomic E-state index is 11.4. The molecule has 13 heavy (non-hydrogen) atoms. The molecule has 4 nitrogen and oxygen atoms in total. The highest BCUT2D eigenvalue weighted by molar-refractivity contribution is 5.76. The molecule has 2 fully saturated rings. The van der Waals surface area contributed by atoms with E-state index in [1.807, 2.05) is 4.90 Å². The van der Waals surface area contributed by atoms with Gasteiger partial charge in [-0.15, -0.1) is 0 Å². The topological polar surface area (TPSA) is 58.4 Å². The Balaban J connectivity index is 2.01. The third-order valence-corrected chi connectivity index (χ3v) is 3.07. The number of carbonyl (C=O) groups is 1. The number of nitrogens with zero attached hydrogens (tertiary/aromatic N) is 1. The van der Waals surface area contributed by atoms with E-state index in [4.69, 9.17) is 5.73 Å². The Labute approximate surface area is 78.5 Å². The fraction of sp³-hybridized carbons (Fsp3) is 0.889. The van der Waals surface area contributed by atoms with E-state index in [1.54, 1.807) is 0 Å². The van der Waals surface area contributed by atoms with Crippen LogP contribution in [-0.2, 0) is 0 Å². The summed E-state index contributed by atoms with van der Waals surface area (Å²) in [6, 6.07) is 0.552. The maximum atomic E-state index is 11.4. The molecule has 1 aliphatic carbocycles. The lowest BCUT2D eigenvalue weighted by Gasteiger charge is -2.35. The van der Waals surface area contributed by atoms with Crippen LogP contribution in [0, 0.1) is 0 Å². The van der Waals surface area contributed by atoms with Gasteiger partial charge >= 0.3 is 6.03 Å². The third-order valence-electron chi connectivity index (χ3n) is 3.07. The molecule has 2 aliphatic rings. The van der Waals surface area contributed by atoms with Crippen LogP contribution < -0.4 is 11.1 Å². The molecule has 3 N–H and O–H groups in total. The molecular formula is C9H17N3O. The summed E-state index contributed by atoms with van der Waals surface area (Å²) in [7, 11) is 0. The van der Waals surface area contributed by atoms with Crippen molar-refractivity contribution in [1.82, 2.24) is 10.2 Å². The second-order valence-electron chi connectivity index (χ2n) is 3.94. The summed E-state index contributed by atoms with van der Waals surface area (Å²) in [5.74, 6) is 0. The van der Waals surface area contributed by atoms with E-state index in [1.165, 1.54) is 12.8 Å². The molecule has 2 amide bonds. The largest absolute Gasteiger partial charge is 0.336 e. The first kappa shape index (κ1) is 8.81. The van der Waals surface area contributed by atoms with Crippen LogP contribution in [0.1, 0.15) is 25.7 Å². The van der Waals surface area contributed by atoms with E-state index in [0.29, 0.717) is 0 Å². The monoisotopic (exact) mass is 183 g/mol. The summed E-state index contributed by atoms with van der Waals surface area (Å²) in [5, 5.41) is 2.82. The average molecular weight is 183 g/mol. The normalized spacial score (nSPS) is 34.8. The van der Waals surface area contributed by atoms with E-state index < -0.39 is 0 Å². The molecule has 74 valence electrons. The molecule has 2 rings (SSSR count). The van der Waals surface area contributed by atoms with Crippen molar-refractivity contribution in [3.05, 3.63) is 0 Å². The Bertz CT molecular complexity index is 207. The maximum Gasteiger partial charge on any atom is 0.317 e. The Hall–Kier alpha value is -0.770. The molecule has 0 unspecified atom stereocenters. The second kappa shape index (κ2) is 3.54. The molecule has 4 heteroatoms. The second-order valence-corrected chi connectivity index (χ2v) is 3.94. The zero-order valence-corrected chi connectivity index (χ0v) is 7.83. The third kappa shape index (κ3) is 1.63. The summed E-state index contributed by atoms with van der Waals surface area (Å²) >= 11 is 0. The molecule has 0 spiro atoms. The van der Waals surface area contributed by atoms with Crippen LogP contribution in [0.15, 0.2) is 0 Å². The lowest BCUT2D eigenvalue weighted by atomic mass is 9.90. The summed E-state index contributed by atoms with van der Waals surface area (Å²) in [5.41, 5.74) is 6.00. The van der Waals surface area contributed by atoms with Crippen molar-refractivity contribution in [3.63, 3.8) is 0 Å². The fourth-order valence-electron chi connectivity index (χ4n) is 2.33. The van der Waals surface area contributed by atoms with E-state index in [2.05, 4.69) is 5.32 Å². The van der Waals surface area contributed by atoms with Gasteiger partial charge in [0.25, 0.3) is 0 Å². The SMILES string of the molecule is N[C@@H]1CCCC[C@H]1N1CCNC1=O. The number of nitrogens with one attached hydrogen (secondary N) is 1. The Morgan fingerprint density at radius 3 is 2.77 bits per heavy atom. The zero-order valence-electron chi connectivity index (χ0n) is 7.83. The number of urea groups is 1. The molecule has 0 radical (unpaired) electrons. The first-order valence-corrected chi connectivity index (χ1v) is 5.09. The summed E-state index contributed by atoms with van der Waals surface area (Å²) in [4.78, 5) is 13.3. The van der Waals surface area contributed by atoms with Gasteiger partial charge in [0.05, 0.1) is 0 Å². The van der Waals surface area contributed by atoms with Crippen molar-refractivity contribution >= 4 is 6.03 Å². The van der Waals surface area contributed by atoms with E-state index >= 15 is 0 Å². The van der Waals surface area contributed by atoms with Crippen molar-refractivity contribution in [2.24, 2.45) is 5.73 Å². The van der Waals surface area contributed by atoms with Crippen LogP contribution in [-0.4, -0.2) is 36.1 Å². The number of nitrogens with two attached hydrogens (primary N) is 1. The van der Waals surface area contributed by atoms with Crippen molar-refractivity contribution in [3.8, 4) is 0 Å². The fourth-order valence-corrected chi connectivity index (χ4v) is 2.33. The summed E-state index contributed by atoms with van der Waals surface area (Å²) in [6.07, 6.45) is 4.57. The minimum Gasteiger partial charge on any atom is -0.336 e. The van der Waals surface area contributed by atoms with Gasteiger partial charge < -0.3 is 16.0 Å². The Kier molecular flexibility index (Phi) is 2.40.